The molecule has 2 heteroatoms. The summed E-state index contributed by atoms with van der Waals surface area (Å²) in [6, 6.07) is 75.1. The predicted molar refractivity (Wildman–Crippen MR) is 232 cm³/mol. The van der Waals surface area contributed by atoms with Crippen molar-refractivity contribution < 1.29 is 0 Å². The molecule has 0 aromatic heterocycles. The Bertz CT molecular complexity index is 2840. The number of anilines is 6. The number of fused-ring (bicyclic) bond motifs is 6. The van der Waals surface area contributed by atoms with E-state index >= 15 is 0 Å². The average molecular weight is 687 g/mol. The quantitative estimate of drug-likeness (QED) is 0.127. The normalized spacial score (nSPS) is 11.7. The van der Waals surface area contributed by atoms with E-state index in [0.29, 0.717) is 0 Å². The van der Waals surface area contributed by atoms with E-state index in [0.717, 1.165) is 22.7 Å². The first kappa shape index (κ1) is 30.5. The predicted octanol–water partition coefficient (Wildman–Crippen LogP) is 15.0. The van der Waals surface area contributed by atoms with Crippen LogP contribution in [-0.2, 0) is 0 Å². The van der Waals surface area contributed by atoms with Crippen LogP contribution in [0.1, 0.15) is 0 Å². The molecular formula is C52H34N2. The third-order valence-electron chi connectivity index (χ3n) is 11.1. The lowest BCUT2D eigenvalue weighted by Gasteiger charge is -2.31. The minimum Gasteiger partial charge on any atom is -0.309 e. The summed E-state index contributed by atoms with van der Waals surface area (Å²) in [7, 11) is 0. The van der Waals surface area contributed by atoms with Gasteiger partial charge in [0.2, 0.25) is 0 Å². The molecule has 0 heterocycles. The SMILES string of the molecule is c1ccc(N(c2ccccc2)c2c3ccccc3c3c4c2cccc4c2cccc4c(N(c5ccccc5)c5ccccc5)c5ccccc5c3c42)cc1. The average Bonchev–Trinajstić information content (AvgIpc) is 3.25. The van der Waals surface area contributed by atoms with Crippen LogP contribution in [0.5, 0.6) is 0 Å². The van der Waals surface area contributed by atoms with Crippen molar-refractivity contribution in [1.82, 2.24) is 0 Å². The number of hydrogen-bond acceptors (Lipinski definition) is 2. The van der Waals surface area contributed by atoms with E-state index in [4.69, 9.17) is 0 Å². The summed E-state index contributed by atoms with van der Waals surface area (Å²) >= 11 is 0. The first-order chi connectivity index (χ1) is 26.9. The number of benzene rings is 11. The maximum atomic E-state index is 2.44. The molecule has 11 aromatic carbocycles. The van der Waals surface area contributed by atoms with Crippen molar-refractivity contribution in [1.29, 1.82) is 0 Å². The molecule has 11 aromatic rings. The molecule has 0 N–H and O–H groups in total. The van der Waals surface area contributed by atoms with Crippen LogP contribution in [0.15, 0.2) is 206 Å². The highest BCUT2D eigenvalue weighted by molar-refractivity contribution is 6.46. The summed E-state index contributed by atoms with van der Waals surface area (Å²) in [5.74, 6) is 0. The van der Waals surface area contributed by atoms with Crippen LogP contribution in [0.2, 0.25) is 0 Å². The maximum absolute atomic E-state index is 2.44. The molecule has 0 aliphatic rings. The van der Waals surface area contributed by atoms with Crippen molar-refractivity contribution in [2.45, 2.75) is 0 Å². The van der Waals surface area contributed by atoms with Gasteiger partial charge in [-0.3, -0.25) is 0 Å². The molecule has 2 nitrogen and oxygen atoms in total. The van der Waals surface area contributed by atoms with Gasteiger partial charge in [0.15, 0.2) is 0 Å². The standard InChI is InChI=1S/C52H34N2/c1-5-19-35(20-6-1)53(36-21-7-2-8-22-36)51-43-29-15-13-27-41(43)49-47-39(31-17-33-45(47)51)40-32-18-34-46-48(40)50(49)42-28-14-16-30-44(42)52(46)54(37-23-9-3-10-24-37)38-25-11-4-12-26-38/h1-34H. The molecular weight excluding hydrogens is 653 g/mol. The van der Waals surface area contributed by atoms with E-state index in [1.54, 1.807) is 0 Å². The van der Waals surface area contributed by atoms with E-state index in [1.165, 1.54) is 76.0 Å². The van der Waals surface area contributed by atoms with Gasteiger partial charge in [0.05, 0.1) is 11.4 Å². The molecule has 0 radical (unpaired) electrons. The fraction of sp³-hybridized carbons (Fsp3) is 0. The van der Waals surface area contributed by atoms with E-state index in [2.05, 4.69) is 216 Å². The van der Waals surface area contributed by atoms with Crippen LogP contribution in [0.3, 0.4) is 0 Å². The van der Waals surface area contributed by atoms with Crippen LogP contribution < -0.4 is 9.80 Å². The smallest absolute Gasteiger partial charge is 0.0619 e. The van der Waals surface area contributed by atoms with Crippen LogP contribution in [0, 0.1) is 0 Å². The Morgan fingerprint density at radius 2 is 0.426 bits per heavy atom. The number of para-hydroxylation sites is 4. The summed E-state index contributed by atoms with van der Waals surface area (Å²) in [6.07, 6.45) is 0. The van der Waals surface area contributed by atoms with Gasteiger partial charge >= 0.3 is 0 Å². The third-order valence-corrected chi connectivity index (χ3v) is 11.1. The lowest BCUT2D eigenvalue weighted by atomic mass is 9.83. The molecule has 0 amide bonds. The molecule has 0 saturated carbocycles. The molecule has 0 aliphatic heterocycles. The van der Waals surface area contributed by atoms with Crippen molar-refractivity contribution in [3.63, 3.8) is 0 Å². The lowest BCUT2D eigenvalue weighted by Crippen LogP contribution is -2.12. The Hall–Kier alpha value is -7.16. The second kappa shape index (κ2) is 12.2. The van der Waals surface area contributed by atoms with Crippen LogP contribution >= 0.6 is 0 Å². The zero-order valence-electron chi connectivity index (χ0n) is 29.5. The third kappa shape index (κ3) is 4.47. The zero-order valence-corrected chi connectivity index (χ0v) is 29.5. The van der Waals surface area contributed by atoms with E-state index in [9.17, 15) is 0 Å². The molecule has 0 aliphatic carbocycles. The van der Waals surface area contributed by atoms with Gasteiger partial charge in [-0.05, 0) is 80.8 Å². The fourth-order valence-corrected chi connectivity index (χ4v) is 8.99. The summed E-state index contributed by atoms with van der Waals surface area (Å²) in [6.45, 7) is 0. The van der Waals surface area contributed by atoms with Crippen molar-refractivity contribution in [2.24, 2.45) is 0 Å². The van der Waals surface area contributed by atoms with Crippen molar-refractivity contribution in [2.75, 3.05) is 9.80 Å². The second-order valence-electron chi connectivity index (χ2n) is 14.0. The molecule has 0 unspecified atom stereocenters. The van der Waals surface area contributed by atoms with E-state index < -0.39 is 0 Å². The lowest BCUT2D eigenvalue weighted by molar-refractivity contribution is 1.31. The molecule has 0 spiro atoms. The summed E-state index contributed by atoms with van der Waals surface area (Å²) in [5.41, 5.74) is 6.91. The summed E-state index contributed by atoms with van der Waals surface area (Å²) in [5, 5.41) is 15.1. The monoisotopic (exact) mass is 686 g/mol. The molecule has 54 heavy (non-hydrogen) atoms. The van der Waals surface area contributed by atoms with Gasteiger partial charge in [-0.1, -0.05) is 158 Å². The number of rotatable bonds is 6. The van der Waals surface area contributed by atoms with Crippen LogP contribution in [0.4, 0.5) is 34.1 Å². The van der Waals surface area contributed by atoms with Crippen LogP contribution in [0.25, 0.3) is 64.6 Å². The molecule has 11 rings (SSSR count). The Balaban J connectivity index is 1.36. The Morgan fingerprint density at radius 3 is 0.759 bits per heavy atom. The highest BCUT2D eigenvalue weighted by Gasteiger charge is 2.27. The van der Waals surface area contributed by atoms with Gasteiger partial charge < -0.3 is 9.80 Å². The largest absolute Gasteiger partial charge is 0.309 e. The van der Waals surface area contributed by atoms with Gasteiger partial charge in [0.25, 0.3) is 0 Å². The maximum Gasteiger partial charge on any atom is 0.0619 e. The van der Waals surface area contributed by atoms with E-state index in [-0.39, 0.29) is 0 Å². The Labute approximate surface area is 313 Å². The topological polar surface area (TPSA) is 6.48 Å². The summed E-state index contributed by atoms with van der Waals surface area (Å²) in [4.78, 5) is 4.89. The zero-order chi connectivity index (χ0) is 35.6. The second-order valence-corrected chi connectivity index (χ2v) is 14.0. The van der Waals surface area contributed by atoms with Gasteiger partial charge in [-0.2, -0.15) is 0 Å². The Morgan fingerprint density at radius 1 is 0.185 bits per heavy atom. The molecule has 0 saturated heterocycles. The highest BCUT2D eigenvalue weighted by Crippen LogP contribution is 2.54. The molecule has 0 atom stereocenters. The summed E-state index contributed by atoms with van der Waals surface area (Å²) < 4.78 is 0. The first-order valence-electron chi connectivity index (χ1n) is 18.6. The fourth-order valence-electron chi connectivity index (χ4n) is 8.99. The van der Waals surface area contributed by atoms with Gasteiger partial charge in [-0.15, -0.1) is 0 Å². The first-order valence-corrected chi connectivity index (χ1v) is 18.6. The van der Waals surface area contributed by atoms with E-state index in [1.807, 2.05) is 0 Å². The minimum absolute atomic E-state index is 1.13. The van der Waals surface area contributed by atoms with Gasteiger partial charge in [0, 0.05) is 55.1 Å². The Kier molecular flexibility index (Phi) is 6.90. The molecule has 252 valence electrons. The van der Waals surface area contributed by atoms with Crippen molar-refractivity contribution in [3.8, 4) is 0 Å². The number of hydrogen-bond donors (Lipinski definition) is 0. The van der Waals surface area contributed by atoms with Crippen molar-refractivity contribution >= 4 is 98.8 Å². The van der Waals surface area contributed by atoms with Gasteiger partial charge in [-0.25, -0.2) is 0 Å². The molecule has 0 bridgehead atoms. The highest BCUT2D eigenvalue weighted by atomic mass is 15.2. The van der Waals surface area contributed by atoms with Crippen molar-refractivity contribution in [3.05, 3.63) is 206 Å². The minimum atomic E-state index is 1.13. The van der Waals surface area contributed by atoms with Crippen LogP contribution in [-0.4, -0.2) is 0 Å². The van der Waals surface area contributed by atoms with Gasteiger partial charge in [0.1, 0.15) is 0 Å². The number of nitrogens with zero attached hydrogens (tertiary/aromatic N) is 2. The molecule has 0 fully saturated rings.